The number of ether oxygens (including phenoxy) is 1. The molecule has 2 aliphatic heterocycles. The average Bonchev–Trinajstić information content (AvgIpc) is 3.12. The number of amides is 1. The molecule has 21 heavy (non-hydrogen) atoms. The molecule has 1 N–H and O–H groups in total. The van der Waals surface area contributed by atoms with E-state index in [1.807, 2.05) is 4.90 Å². The number of carbonyl (C=O) groups is 1. The second-order valence-corrected chi connectivity index (χ2v) is 6.98. The highest BCUT2D eigenvalue weighted by Gasteiger charge is 2.40. The summed E-state index contributed by atoms with van der Waals surface area (Å²) in [6.07, 6.45) is 4.27. The molecule has 3 atom stereocenters. The van der Waals surface area contributed by atoms with E-state index in [0.29, 0.717) is 5.92 Å². The van der Waals surface area contributed by atoms with Crippen LogP contribution in [-0.2, 0) is 9.53 Å². The first kappa shape index (κ1) is 15.0. The summed E-state index contributed by atoms with van der Waals surface area (Å²) in [7, 11) is 0. The van der Waals surface area contributed by atoms with Crippen LogP contribution in [-0.4, -0.2) is 36.6 Å². The van der Waals surface area contributed by atoms with Crippen molar-refractivity contribution in [2.24, 2.45) is 5.92 Å². The summed E-state index contributed by atoms with van der Waals surface area (Å²) in [6.45, 7) is 4.61. The predicted molar refractivity (Wildman–Crippen MR) is 84.1 cm³/mol. The van der Waals surface area contributed by atoms with Crippen LogP contribution >= 0.6 is 11.3 Å². The normalized spacial score (nSPS) is 30.0. The summed E-state index contributed by atoms with van der Waals surface area (Å²) in [5.41, 5.74) is 0. The topological polar surface area (TPSA) is 41.6 Å². The van der Waals surface area contributed by atoms with Crippen molar-refractivity contribution >= 4 is 17.2 Å². The Morgan fingerprint density at radius 1 is 1.52 bits per heavy atom. The van der Waals surface area contributed by atoms with Crippen molar-refractivity contribution in [3.63, 3.8) is 0 Å². The van der Waals surface area contributed by atoms with Crippen LogP contribution in [0.15, 0.2) is 17.5 Å². The molecule has 0 spiro atoms. The summed E-state index contributed by atoms with van der Waals surface area (Å²) >= 11 is 1.72. The van der Waals surface area contributed by atoms with E-state index in [1.54, 1.807) is 11.3 Å². The van der Waals surface area contributed by atoms with Crippen molar-refractivity contribution in [1.82, 2.24) is 10.2 Å². The Bertz CT molecular complexity index is 457. The SMILES string of the molecule is CCCC1NC(c2cccs2)N(CC2CCCOC2)C1=O. The zero-order valence-corrected chi connectivity index (χ0v) is 13.4. The third-order valence-electron chi connectivity index (χ3n) is 4.35. The lowest BCUT2D eigenvalue weighted by Gasteiger charge is -2.30. The Balaban J connectivity index is 1.74. The van der Waals surface area contributed by atoms with Crippen LogP contribution in [0.5, 0.6) is 0 Å². The molecule has 2 aliphatic rings. The summed E-state index contributed by atoms with van der Waals surface area (Å²) in [5, 5.41) is 5.61. The molecule has 116 valence electrons. The first-order valence-electron chi connectivity index (χ1n) is 7.97. The van der Waals surface area contributed by atoms with E-state index in [1.165, 1.54) is 11.3 Å². The molecule has 4 nitrogen and oxygen atoms in total. The molecule has 0 aliphatic carbocycles. The fourth-order valence-electron chi connectivity index (χ4n) is 3.28. The average molecular weight is 308 g/mol. The fraction of sp³-hybridized carbons (Fsp3) is 0.688. The first-order valence-corrected chi connectivity index (χ1v) is 8.85. The highest BCUT2D eigenvalue weighted by molar-refractivity contribution is 7.10. The van der Waals surface area contributed by atoms with Gasteiger partial charge in [0.05, 0.1) is 12.6 Å². The third-order valence-corrected chi connectivity index (χ3v) is 5.28. The number of carbonyl (C=O) groups excluding carboxylic acids is 1. The molecule has 1 aromatic rings. The van der Waals surface area contributed by atoms with E-state index in [2.05, 4.69) is 29.8 Å². The van der Waals surface area contributed by atoms with E-state index in [4.69, 9.17) is 4.74 Å². The molecule has 0 radical (unpaired) electrons. The molecule has 1 amide bonds. The maximum Gasteiger partial charge on any atom is 0.241 e. The van der Waals surface area contributed by atoms with Crippen LogP contribution in [0.1, 0.15) is 43.6 Å². The summed E-state index contributed by atoms with van der Waals surface area (Å²) in [4.78, 5) is 16.0. The third kappa shape index (κ3) is 3.30. The standard InChI is InChI=1S/C16H24N2O2S/c1-2-5-13-16(19)18(10-12-6-3-8-20-11-12)15(17-13)14-7-4-9-21-14/h4,7,9,12-13,15,17H,2-3,5-6,8,10-11H2,1H3. The second kappa shape index (κ2) is 6.90. The fourth-order valence-corrected chi connectivity index (χ4v) is 4.08. The molecule has 3 rings (SSSR count). The van der Waals surface area contributed by atoms with Gasteiger partial charge in [-0.2, -0.15) is 0 Å². The summed E-state index contributed by atoms with van der Waals surface area (Å²) in [5.74, 6) is 0.744. The lowest BCUT2D eigenvalue weighted by molar-refractivity contribution is -0.131. The Kier molecular flexibility index (Phi) is 4.93. The number of nitrogens with zero attached hydrogens (tertiary/aromatic N) is 1. The smallest absolute Gasteiger partial charge is 0.241 e. The van der Waals surface area contributed by atoms with Crippen LogP contribution in [0, 0.1) is 5.92 Å². The van der Waals surface area contributed by atoms with Gasteiger partial charge >= 0.3 is 0 Å². The second-order valence-electron chi connectivity index (χ2n) is 6.00. The number of hydrogen-bond acceptors (Lipinski definition) is 4. The van der Waals surface area contributed by atoms with E-state index in [-0.39, 0.29) is 18.1 Å². The van der Waals surface area contributed by atoms with Crippen molar-refractivity contribution in [1.29, 1.82) is 0 Å². The number of rotatable bonds is 5. The van der Waals surface area contributed by atoms with Crippen LogP contribution < -0.4 is 5.32 Å². The Hall–Kier alpha value is -0.910. The first-order chi connectivity index (χ1) is 10.3. The minimum absolute atomic E-state index is 0.0217. The van der Waals surface area contributed by atoms with Crippen molar-refractivity contribution in [2.75, 3.05) is 19.8 Å². The molecule has 2 fully saturated rings. The van der Waals surface area contributed by atoms with E-state index >= 15 is 0 Å². The molecule has 5 heteroatoms. The van der Waals surface area contributed by atoms with Gasteiger partial charge in [0.2, 0.25) is 5.91 Å². The van der Waals surface area contributed by atoms with Crippen molar-refractivity contribution in [2.45, 2.75) is 44.8 Å². The van der Waals surface area contributed by atoms with Crippen LogP contribution in [0.2, 0.25) is 0 Å². The Morgan fingerprint density at radius 3 is 3.10 bits per heavy atom. The van der Waals surface area contributed by atoms with E-state index in [9.17, 15) is 4.79 Å². The largest absolute Gasteiger partial charge is 0.381 e. The van der Waals surface area contributed by atoms with Crippen LogP contribution in [0.25, 0.3) is 0 Å². The van der Waals surface area contributed by atoms with Crippen molar-refractivity contribution in [3.05, 3.63) is 22.4 Å². The van der Waals surface area contributed by atoms with Crippen LogP contribution in [0.3, 0.4) is 0 Å². The molecule has 0 bridgehead atoms. The zero-order valence-electron chi connectivity index (χ0n) is 12.6. The lowest BCUT2D eigenvalue weighted by Crippen LogP contribution is -2.37. The van der Waals surface area contributed by atoms with Gasteiger partial charge in [-0.3, -0.25) is 10.1 Å². The van der Waals surface area contributed by atoms with Gasteiger partial charge in [0, 0.05) is 23.9 Å². The highest BCUT2D eigenvalue weighted by atomic mass is 32.1. The van der Waals surface area contributed by atoms with Crippen LogP contribution in [0.4, 0.5) is 0 Å². The molecule has 2 saturated heterocycles. The molecule has 0 saturated carbocycles. The molecule has 0 aromatic carbocycles. The quantitative estimate of drug-likeness (QED) is 0.909. The van der Waals surface area contributed by atoms with Gasteiger partial charge in [0.15, 0.2) is 0 Å². The minimum Gasteiger partial charge on any atom is -0.381 e. The molecular weight excluding hydrogens is 284 g/mol. The highest BCUT2D eigenvalue weighted by Crippen LogP contribution is 2.31. The molecule has 3 heterocycles. The van der Waals surface area contributed by atoms with E-state index in [0.717, 1.165) is 39.0 Å². The van der Waals surface area contributed by atoms with Crippen molar-refractivity contribution < 1.29 is 9.53 Å². The monoisotopic (exact) mass is 308 g/mol. The maximum absolute atomic E-state index is 12.7. The Morgan fingerprint density at radius 2 is 2.43 bits per heavy atom. The van der Waals surface area contributed by atoms with Gasteiger partial charge in [0.1, 0.15) is 6.17 Å². The summed E-state index contributed by atoms with van der Waals surface area (Å²) in [6, 6.07) is 4.15. The zero-order chi connectivity index (χ0) is 14.7. The molecule has 3 unspecified atom stereocenters. The molecule has 1 aromatic heterocycles. The number of nitrogens with one attached hydrogen (secondary N) is 1. The lowest BCUT2D eigenvalue weighted by atomic mass is 10.0. The maximum atomic E-state index is 12.7. The van der Waals surface area contributed by atoms with Gasteiger partial charge in [0.25, 0.3) is 0 Å². The van der Waals surface area contributed by atoms with Gasteiger partial charge < -0.3 is 9.64 Å². The van der Waals surface area contributed by atoms with Crippen molar-refractivity contribution in [3.8, 4) is 0 Å². The van der Waals surface area contributed by atoms with E-state index < -0.39 is 0 Å². The minimum atomic E-state index is -0.0217. The van der Waals surface area contributed by atoms with Gasteiger partial charge in [-0.25, -0.2) is 0 Å². The number of hydrogen-bond donors (Lipinski definition) is 1. The Labute approximate surface area is 130 Å². The predicted octanol–water partition coefficient (Wildman–Crippen LogP) is 2.77. The van der Waals surface area contributed by atoms with Gasteiger partial charge in [-0.1, -0.05) is 19.4 Å². The van der Waals surface area contributed by atoms with Gasteiger partial charge in [-0.05, 0) is 30.7 Å². The molecular formula is C16H24N2O2S. The van der Waals surface area contributed by atoms with Gasteiger partial charge in [-0.15, -0.1) is 11.3 Å². The number of thiophene rings is 1. The summed E-state index contributed by atoms with van der Waals surface area (Å²) < 4.78 is 5.57.